The second-order valence-electron chi connectivity index (χ2n) is 12.0. The summed E-state index contributed by atoms with van der Waals surface area (Å²) < 4.78 is 0. The molecule has 0 spiro atoms. The maximum atomic E-state index is 5.35. The maximum absolute atomic E-state index is 5.35. The van der Waals surface area contributed by atoms with Gasteiger partial charge in [0, 0.05) is 78.5 Å². The number of H-pyrrole nitrogens is 2. The molecule has 2 aliphatic rings. The molecule has 0 saturated heterocycles. The number of hydrogen-bond donors (Lipinski definition) is 2. The van der Waals surface area contributed by atoms with E-state index < -0.39 is 0 Å². The molecule has 4 aromatic carbocycles. The normalized spacial score (nSPS) is 11.5. The van der Waals surface area contributed by atoms with Crippen molar-refractivity contribution in [2.24, 2.45) is 0 Å². The zero-order valence-corrected chi connectivity index (χ0v) is 29.1. The van der Waals surface area contributed by atoms with Gasteiger partial charge in [-0.05, 0) is 70.8 Å². The van der Waals surface area contributed by atoms with E-state index in [-0.39, 0.29) is 34.1 Å². The summed E-state index contributed by atoms with van der Waals surface area (Å²) >= 11 is 0. The molecule has 50 heavy (non-hydrogen) atoms. The Kier molecular flexibility index (Phi) is 9.36. The van der Waals surface area contributed by atoms with Gasteiger partial charge in [0.05, 0.1) is 22.8 Å². The van der Waals surface area contributed by atoms with E-state index in [0.717, 1.165) is 89.4 Å². The van der Waals surface area contributed by atoms with Crippen LogP contribution in [0.2, 0.25) is 0 Å². The monoisotopic (exact) mass is 725 g/mol. The summed E-state index contributed by atoms with van der Waals surface area (Å²) in [6.45, 7) is 0. The van der Waals surface area contributed by atoms with Crippen LogP contribution in [-0.2, 0) is 34.1 Å². The summed E-state index contributed by atoms with van der Waals surface area (Å²) in [5.74, 6) is 0. The minimum atomic E-state index is 0. The van der Waals surface area contributed by atoms with Crippen LogP contribution in [0.25, 0.3) is 90.9 Å². The zero-order valence-electron chi connectivity index (χ0n) is 26.8. The van der Waals surface area contributed by atoms with Gasteiger partial charge in [-0.1, -0.05) is 121 Å². The number of aromatic amines is 2. The van der Waals surface area contributed by atoms with Crippen molar-refractivity contribution in [2.45, 2.75) is 0 Å². The van der Waals surface area contributed by atoms with Gasteiger partial charge in [0.1, 0.15) is 0 Å². The van der Waals surface area contributed by atoms with Crippen LogP contribution in [0, 0.1) is 0 Å². The Morgan fingerprint density at radius 1 is 0.300 bits per heavy atom. The molecule has 0 fully saturated rings. The molecular formula is C44H30CoCrN4. The van der Waals surface area contributed by atoms with Crippen molar-refractivity contribution in [1.82, 2.24) is 19.9 Å². The zero-order chi connectivity index (χ0) is 31.9. The standard InChI is InChI=1S/C44H30N4.Co.Cr/c1-5-13-29(14-6-1)41-33-21-23-35(45-33)42(30-15-7-2-8-16-30)37-25-27-39(47-37)44(32-19-11-4-12-20-32)40-28-26-38(48-40)43(31-17-9-3-10-18-31)36-24-22-34(41)46-36;;/h1-28,45,48H;;. The van der Waals surface area contributed by atoms with Crippen LogP contribution >= 0.6 is 0 Å². The van der Waals surface area contributed by atoms with Gasteiger partial charge in [0.15, 0.2) is 0 Å². The number of fused-ring (bicyclic) bond motifs is 8. The van der Waals surface area contributed by atoms with Crippen LogP contribution in [-0.4, -0.2) is 19.9 Å². The average Bonchev–Trinajstić information content (AvgIpc) is 3.98. The molecule has 0 saturated carbocycles. The largest absolute Gasteiger partial charge is 0.354 e. The Balaban J connectivity index is 0.00000196. The Morgan fingerprint density at radius 3 is 0.740 bits per heavy atom. The van der Waals surface area contributed by atoms with E-state index in [2.05, 4.69) is 156 Å². The molecule has 241 valence electrons. The van der Waals surface area contributed by atoms with Crippen molar-refractivity contribution < 1.29 is 34.1 Å². The quantitative estimate of drug-likeness (QED) is 0.190. The minimum Gasteiger partial charge on any atom is -0.354 e. The molecule has 2 N–H and O–H groups in total. The molecular weight excluding hydrogens is 695 g/mol. The fourth-order valence-corrected chi connectivity index (χ4v) is 6.84. The number of benzene rings is 4. The van der Waals surface area contributed by atoms with Crippen LogP contribution in [0.15, 0.2) is 146 Å². The van der Waals surface area contributed by atoms with E-state index in [4.69, 9.17) is 9.97 Å². The number of nitrogens with one attached hydrogen (secondary N) is 2. The van der Waals surface area contributed by atoms with Crippen molar-refractivity contribution in [3.63, 3.8) is 0 Å². The molecule has 8 bridgehead atoms. The first-order valence-corrected chi connectivity index (χ1v) is 16.2. The summed E-state index contributed by atoms with van der Waals surface area (Å²) in [6.07, 6.45) is 8.54. The van der Waals surface area contributed by atoms with Crippen LogP contribution in [0.4, 0.5) is 0 Å². The van der Waals surface area contributed by atoms with Gasteiger partial charge in [-0.3, -0.25) is 0 Å². The van der Waals surface area contributed by atoms with Crippen LogP contribution < -0.4 is 0 Å². The van der Waals surface area contributed by atoms with E-state index in [1.54, 1.807) is 0 Å². The molecule has 6 heteroatoms. The number of aromatic nitrogens is 4. The molecule has 0 unspecified atom stereocenters. The summed E-state index contributed by atoms with van der Waals surface area (Å²) in [6, 6.07) is 50.7. The van der Waals surface area contributed by atoms with E-state index in [0.29, 0.717) is 0 Å². The van der Waals surface area contributed by atoms with E-state index in [9.17, 15) is 0 Å². The van der Waals surface area contributed by atoms with Crippen molar-refractivity contribution in [2.75, 3.05) is 0 Å². The number of nitrogens with zero attached hydrogens (tertiary/aromatic N) is 2. The predicted octanol–water partition coefficient (Wildman–Crippen LogP) is 11.3. The van der Waals surface area contributed by atoms with Crippen molar-refractivity contribution in [3.05, 3.63) is 168 Å². The first-order chi connectivity index (χ1) is 23.8. The van der Waals surface area contributed by atoms with Gasteiger partial charge in [0.25, 0.3) is 0 Å². The van der Waals surface area contributed by atoms with Crippen LogP contribution in [0.3, 0.4) is 0 Å². The molecule has 4 nitrogen and oxygen atoms in total. The molecule has 0 atom stereocenters. The van der Waals surface area contributed by atoms with Crippen molar-refractivity contribution in [1.29, 1.82) is 0 Å². The first kappa shape index (κ1) is 33.0. The van der Waals surface area contributed by atoms with E-state index in [1.807, 2.05) is 24.3 Å². The summed E-state index contributed by atoms with van der Waals surface area (Å²) in [5.41, 5.74) is 16.2. The van der Waals surface area contributed by atoms with Gasteiger partial charge in [-0.2, -0.15) is 0 Å². The molecule has 0 aliphatic carbocycles. The smallest absolute Gasteiger partial charge is 0.0737 e. The third-order valence-electron chi connectivity index (χ3n) is 9.00. The molecule has 2 aliphatic heterocycles. The Hall–Kier alpha value is -5.48. The summed E-state index contributed by atoms with van der Waals surface area (Å²) in [7, 11) is 0. The van der Waals surface area contributed by atoms with Crippen molar-refractivity contribution in [3.8, 4) is 44.5 Å². The Labute approximate surface area is 311 Å². The first-order valence-electron chi connectivity index (χ1n) is 16.2. The topological polar surface area (TPSA) is 57.4 Å². The molecule has 9 rings (SSSR count). The van der Waals surface area contributed by atoms with Crippen LogP contribution in [0.5, 0.6) is 0 Å². The van der Waals surface area contributed by atoms with Crippen LogP contribution in [0.1, 0.15) is 22.8 Å². The summed E-state index contributed by atoms with van der Waals surface area (Å²) in [5, 5.41) is 0. The molecule has 1 radical (unpaired) electrons. The van der Waals surface area contributed by atoms with Gasteiger partial charge < -0.3 is 9.97 Å². The fourth-order valence-electron chi connectivity index (χ4n) is 6.84. The minimum absolute atomic E-state index is 0. The second-order valence-corrected chi connectivity index (χ2v) is 12.0. The molecule has 0 amide bonds. The fraction of sp³-hybridized carbons (Fsp3) is 0. The third kappa shape index (κ3) is 6.00. The SMILES string of the molecule is C1=Cc2nc1c(-c1ccccc1)c1ccc([nH]1)c(-c1ccccc1)c1nc(c(-c3ccccc3)c3ccc([nH]3)c2-c2ccccc2)C=C1.[Co].[Cr]. The molecule has 5 heterocycles. The Bertz CT molecular complexity index is 2190. The van der Waals surface area contributed by atoms with E-state index >= 15 is 0 Å². The van der Waals surface area contributed by atoms with Gasteiger partial charge in [-0.15, -0.1) is 0 Å². The number of hydrogen-bond acceptors (Lipinski definition) is 2. The van der Waals surface area contributed by atoms with Gasteiger partial charge in [0.2, 0.25) is 0 Å². The van der Waals surface area contributed by atoms with Gasteiger partial charge in [-0.25, -0.2) is 9.97 Å². The molecule has 3 aromatic heterocycles. The van der Waals surface area contributed by atoms with E-state index in [1.165, 1.54) is 0 Å². The third-order valence-corrected chi connectivity index (χ3v) is 9.00. The summed E-state index contributed by atoms with van der Waals surface area (Å²) in [4.78, 5) is 18.3. The Morgan fingerprint density at radius 2 is 0.520 bits per heavy atom. The van der Waals surface area contributed by atoms with Crippen molar-refractivity contribution >= 4 is 46.4 Å². The molecule has 7 aromatic rings. The van der Waals surface area contributed by atoms with Gasteiger partial charge >= 0.3 is 0 Å². The maximum Gasteiger partial charge on any atom is 0.0737 e. The second kappa shape index (κ2) is 14.2. The predicted molar refractivity (Wildman–Crippen MR) is 201 cm³/mol. The number of rotatable bonds is 4. The average molecular weight is 726 g/mol.